The number of likely N-dealkylation sites (N-methyl/N-ethyl adjacent to an activating group) is 1. The first-order valence-electron chi connectivity index (χ1n) is 2.59. The summed E-state index contributed by atoms with van der Waals surface area (Å²) in [4.78, 5) is 21.6. The summed E-state index contributed by atoms with van der Waals surface area (Å²) >= 11 is 5.15. The Labute approximate surface area is 63.4 Å². The van der Waals surface area contributed by atoms with Crippen LogP contribution in [-0.4, -0.2) is 41.4 Å². The van der Waals surface area contributed by atoms with Crippen LogP contribution < -0.4 is 0 Å². The number of aliphatic carboxylic acids is 1. The van der Waals surface area contributed by atoms with Crippen LogP contribution >= 0.6 is 11.6 Å². The number of nitrogens with zero attached hydrogens (tertiary/aromatic N) is 1. The second-order valence-electron chi connectivity index (χ2n) is 1.78. The highest BCUT2D eigenvalue weighted by Crippen LogP contribution is 1.86. The molecule has 0 aliphatic rings. The van der Waals surface area contributed by atoms with Crippen molar-refractivity contribution in [2.45, 2.75) is 0 Å². The summed E-state index contributed by atoms with van der Waals surface area (Å²) in [5, 5.41) is 8.19. The van der Waals surface area contributed by atoms with Gasteiger partial charge in [0.25, 0.3) is 0 Å². The predicted molar refractivity (Wildman–Crippen MR) is 36.0 cm³/mol. The number of rotatable bonds is 3. The summed E-state index contributed by atoms with van der Waals surface area (Å²) in [7, 11) is 1.39. The van der Waals surface area contributed by atoms with Crippen molar-refractivity contribution in [3.05, 3.63) is 0 Å². The summed E-state index contributed by atoms with van der Waals surface area (Å²) in [6.45, 7) is -0.300. The second kappa shape index (κ2) is 4.11. The molecular weight excluding hydrogens is 158 g/mol. The quantitative estimate of drug-likeness (QED) is 0.588. The molecule has 1 N–H and O–H groups in total. The number of carbonyl (C=O) groups is 2. The Kier molecular flexibility index (Phi) is 3.79. The van der Waals surface area contributed by atoms with Gasteiger partial charge in [-0.1, -0.05) is 0 Å². The summed E-state index contributed by atoms with van der Waals surface area (Å²) in [6, 6.07) is 0. The van der Waals surface area contributed by atoms with Crippen LogP contribution in [0.2, 0.25) is 0 Å². The molecular formula is C5H8ClNO3. The van der Waals surface area contributed by atoms with Crippen LogP contribution in [0.3, 0.4) is 0 Å². The molecule has 0 aliphatic heterocycles. The molecule has 0 radical (unpaired) electrons. The maximum Gasteiger partial charge on any atom is 0.323 e. The Hall–Kier alpha value is -0.770. The number of carboxylic acids is 1. The van der Waals surface area contributed by atoms with Gasteiger partial charge in [0.2, 0.25) is 5.91 Å². The van der Waals surface area contributed by atoms with E-state index in [0.717, 1.165) is 4.90 Å². The molecule has 0 saturated heterocycles. The minimum atomic E-state index is -1.04. The first kappa shape index (κ1) is 9.23. The van der Waals surface area contributed by atoms with Crippen LogP contribution in [0.15, 0.2) is 0 Å². The molecule has 0 aromatic rings. The Morgan fingerprint density at radius 1 is 1.60 bits per heavy atom. The van der Waals surface area contributed by atoms with Crippen molar-refractivity contribution in [3.8, 4) is 0 Å². The Bertz CT molecular complexity index is 148. The highest BCUT2D eigenvalue weighted by molar-refractivity contribution is 6.27. The van der Waals surface area contributed by atoms with E-state index in [2.05, 4.69) is 0 Å². The molecule has 58 valence electrons. The number of carbonyl (C=O) groups excluding carboxylic acids is 1. The average molecular weight is 166 g/mol. The van der Waals surface area contributed by atoms with Crippen molar-refractivity contribution >= 4 is 23.5 Å². The Balaban J connectivity index is 3.72. The third-order valence-corrected chi connectivity index (χ3v) is 1.14. The van der Waals surface area contributed by atoms with Gasteiger partial charge in [-0.2, -0.15) is 0 Å². The number of hydrogen-bond donors (Lipinski definition) is 1. The maximum atomic E-state index is 10.6. The molecule has 0 spiro atoms. The molecule has 0 aromatic heterocycles. The molecule has 4 nitrogen and oxygen atoms in total. The summed E-state index contributed by atoms with van der Waals surface area (Å²) < 4.78 is 0. The van der Waals surface area contributed by atoms with Crippen LogP contribution in [0.4, 0.5) is 0 Å². The molecule has 5 heteroatoms. The van der Waals surface area contributed by atoms with E-state index in [1.807, 2.05) is 0 Å². The number of amides is 1. The largest absolute Gasteiger partial charge is 0.480 e. The maximum absolute atomic E-state index is 10.6. The molecule has 0 unspecified atom stereocenters. The minimum absolute atomic E-state index is 0.177. The average Bonchev–Trinajstić information content (AvgIpc) is 1.85. The molecule has 0 aliphatic carbocycles. The van der Waals surface area contributed by atoms with E-state index in [1.54, 1.807) is 0 Å². The summed E-state index contributed by atoms with van der Waals surface area (Å²) in [6.07, 6.45) is 0. The van der Waals surface area contributed by atoms with Gasteiger partial charge in [0.05, 0.1) is 0 Å². The van der Waals surface area contributed by atoms with Gasteiger partial charge in [-0.15, -0.1) is 11.6 Å². The minimum Gasteiger partial charge on any atom is -0.480 e. The number of carboxylic acid groups (broad SMARTS) is 1. The smallest absolute Gasteiger partial charge is 0.323 e. The van der Waals surface area contributed by atoms with Crippen LogP contribution in [0.5, 0.6) is 0 Å². The number of alkyl halides is 1. The van der Waals surface area contributed by atoms with Crippen LogP contribution in [0.25, 0.3) is 0 Å². The van der Waals surface area contributed by atoms with E-state index in [0.29, 0.717) is 0 Å². The lowest BCUT2D eigenvalue weighted by atomic mass is 10.5. The van der Waals surface area contributed by atoms with E-state index in [4.69, 9.17) is 16.7 Å². The first-order valence-corrected chi connectivity index (χ1v) is 3.13. The topological polar surface area (TPSA) is 57.6 Å². The lowest BCUT2D eigenvalue weighted by molar-refractivity contribution is -0.142. The van der Waals surface area contributed by atoms with Gasteiger partial charge >= 0.3 is 5.97 Å². The molecule has 0 rings (SSSR count). The standard InChI is InChI=1S/C5H8ClNO3/c1-7(3-5(9)10)4(8)2-6/h2-3H2,1H3,(H,9,10). The van der Waals surface area contributed by atoms with Crippen molar-refractivity contribution in [2.75, 3.05) is 19.5 Å². The van der Waals surface area contributed by atoms with Crippen molar-refractivity contribution in [1.29, 1.82) is 0 Å². The van der Waals surface area contributed by atoms with E-state index in [-0.39, 0.29) is 18.3 Å². The molecule has 0 saturated carbocycles. The summed E-state index contributed by atoms with van der Waals surface area (Å²) in [5.41, 5.74) is 0. The molecule has 0 heterocycles. The number of halogens is 1. The molecule has 0 atom stereocenters. The molecule has 1 amide bonds. The van der Waals surface area contributed by atoms with E-state index in [9.17, 15) is 9.59 Å². The van der Waals surface area contributed by atoms with Gasteiger partial charge < -0.3 is 10.0 Å². The Morgan fingerprint density at radius 2 is 2.10 bits per heavy atom. The van der Waals surface area contributed by atoms with Crippen molar-refractivity contribution in [1.82, 2.24) is 4.90 Å². The highest BCUT2D eigenvalue weighted by atomic mass is 35.5. The zero-order valence-corrected chi connectivity index (χ0v) is 6.26. The van der Waals surface area contributed by atoms with Gasteiger partial charge in [0.15, 0.2) is 0 Å². The van der Waals surface area contributed by atoms with Crippen molar-refractivity contribution in [2.24, 2.45) is 0 Å². The molecule has 0 fully saturated rings. The lowest BCUT2D eigenvalue weighted by Crippen LogP contribution is -2.32. The third-order valence-electron chi connectivity index (χ3n) is 0.913. The van der Waals surface area contributed by atoms with Gasteiger partial charge in [0, 0.05) is 7.05 Å². The highest BCUT2D eigenvalue weighted by Gasteiger charge is 2.09. The SMILES string of the molecule is CN(CC(=O)O)C(=O)CCl. The van der Waals surface area contributed by atoms with Crippen LogP contribution in [-0.2, 0) is 9.59 Å². The van der Waals surface area contributed by atoms with Gasteiger partial charge in [0.1, 0.15) is 12.4 Å². The lowest BCUT2D eigenvalue weighted by Gasteiger charge is -2.11. The molecule has 10 heavy (non-hydrogen) atoms. The zero-order chi connectivity index (χ0) is 8.15. The monoisotopic (exact) mass is 165 g/mol. The fourth-order valence-corrected chi connectivity index (χ4v) is 0.597. The van der Waals surface area contributed by atoms with Gasteiger partial charge in [-0.3, -0.25) is 9.59 Å². The normalized spacial score (nSPS) is 9.00. The fourth-order valence-electron chi connectivity index (χ4n) is 0.393. The number of hydrogen-bond acceptors (Lipinski definition) is 2. The predicted octanol–water partition coefficient (Wildman–Crippen LogP) is -0.232. The first-order chi connectivity index (χ1) is 4.57. The van der Waals surface area contributed by atoms with E-state index in [1.165, 1.54) is 7.05 Å². The zero-order valence-electron chi connectivity index (χ0n) is 5.50. The Morgan fingerprint density at radius 3 is 2.40 bits per heavy atom. The van der Waals surface area contributed by atoms with Crippen molar-refractivity contribution < 1.29 is 14.7 Å². The second-order valence-corrected chi connectivity index (χ2v) is 2.04. The third kappa shape index (κ3) is 3.29. The summed E-state index contributed by atoms with van der Waals surface area (Å²) in [5.74, 6) is -1.60. The van der Waals surface area contributed by atoms with Gasteiger partial charge in [-0.25, -0.2) is 0 Å². The fraction of sp³-hybridized carbons (Fsp3) is 0.600. The molecule has 0 bridgehead atoms. The molecule has 0 aromatic carbocycles. The van der Waals surface area contributed by atoms with E-state index < -0.39 is 5.97 Å². The van der Waals surface area contributed by atoms with E-state index >= 15 is 0 Å². The van der Waals surface area contributed by atoms with Crippen LogP contribution in [0.1, 0.15) is 0 Å². The van der Waals surface area contributed by atoms with Gasteiger partial charge in [-0.05, 0) is 0 Å². The van der Waals surface area contributed by atoms with Crippen molar-refractivity contribution in [3.63, 3.8) is 0 Å². The van der Waals surface area contributed by atoms with Crippen LogP contribution in [0, 0.1) is 0 Å².